The number of fused-ring (bicyclic) bond motifs is 1. The van der Waals surface area contributed by atoms with Crippen LogP contribution in [0.4, 0.5) is 0 Å². The minimum absolute atomic E-state index is 0.0782. The Labute approximate surface area is 177 Å². The summed E-state index contributed by atoms with van der Waals surface area (Å²) in [6, 6.07) is 5.16. The molecule has 0 aliphatic heterocycles. The van der Waals surface area contributed by atoms with Gasteiger partial charge in [0.25, 0.3) is 5.56 Å². The van der Waals surface area contributed by atoms with Gasteiger partial charge in [0.15, 0.2) is 11.0 Å². The van der Waals surface area contributed by atoms with E-state index in [1.54, 1.807) is 22.8 Å². The zero-order chi connectivity index (χ0) is 20.4. The van der Waals surface area contributed by atoms with Crippen LogP contribution in [0.2, 0.25) is 5.02 Å². The molecule has 0 N–H and O–H groups in total. The highest BCUT2D eigenvalue weighted by molar-refractivity contribution is 7.98. The van der Waals surface area contributed by atoms with Crippen molar-refractivity contribution in [2.24, 2.45) is 0 Å². The van der Waals surface area contributed by atoms with Gasteiger partial charge in [-0.3, -0.25) is 9.36 Å². The monoisotopic (exact) mass is 434 g/mol. The summed E-state index contributed by atoms with van der Waals surface area (Å²) in [4.78, 5) is 22.2. The number of ether oxygens (including phenoxy) is 1. The second-order valence-corrected chi connectivity index (χ2v) is 8.78. The Kier molecular flexibility index (Phi) is 6.22. The largest absolute Gasteiger partial charge is 0.379 e. The molecular weight excluding hydrogens is 412 g/mol. The number of hydrogen-bond donors (Lipinski definition) is 0. The Hall–Kier alpha value is -1.90. The fourth-order valence-corrected chi connectivity index (χ4v) is 4.01. The van der Waals surface area contributed by atoms with Gasteiger partial charge in [-0.1, -0.05) is 28.5 Å². The van der Waals surface area contributed by atoms with Gasteiger partial charge in [-0.2, -0.15) is 4.98 Å². The minimum Gasteiger partial charge on any atom is -0.379 e. The summed E-state index contributed by atoms with van der Waals surface area (Å²) in [5.41, 5.74) is 0.511. The van der Waals surface area contributed by atoms with Crippen LogP contribution in [0.15, 0.2) is 32.7 Å². The zero-order valence-corrected chi connectivity index (χ0v) is 18.0. The van der Waals surface area contributed by atoms with Gasteiger partial charge in [-0.05, 0) is 51.3 Å². The first kappa shape index (κ1) is 20.4. The molecule has 29 heavy (non-hydrogen) atoms. The summed E-state index contributed by atoms with van der Waals surface area (Å²) in [5.74, 6) is 2.23. The molecule has 1 aliphatic carbocycles. The molecule has 7 nitrogen and oxygen atoms in total. The molecule has 3 aromatic rings. The van der Waals surface area contributed by atoms with Crippen LogP contribution in [0.3, 0.4) is 0 Å². The van der Waals surface area contributed by atoms with Gasteiger partial charge in [-0.25, -0.2) is 4.98 Å². The normalized spacial score (nSPS) is 14.2. The van der Waals surface area contributed by atoms with E-state index < -0.39 is 0 Å². The third kappa shape index (κ3) is 4.99. The van der Waals surface area contributed by atoms with Gasteiger partial charge < -0.3 is 9.26 Å². The third-order valence-electron chi connectivity index (χ3n) is 4.60. The molecule has 1 aliphatic rings. The van der Waals surface area contributed by atoms with Crippen molar-refractivity contribution in [1.29, 1.82) is 0 Å². The van der Waals surface area contributed by atoms with E-state index in [4.69, 9.17) is 25.8 Å². The summed E-state index contributed by atoms with van der Waals surface area (Å²) < 4.78 is 12.6. The van der Waals surface area contributed by atoms with Crippen LogP contribution in [-0.4, -0.2) is 32.4 Å². The van der Waals surface area contributed by atoms with Crippen LogP contribution >= 0.6 is 23.4 Å². The van der Waals surface area contributed by atoms with E-state index in [0.717, 1.165) is 19.3 Å². The fourth-order valence-electron chi connectivity index (χ4n) is 2.97. The predicted octanol–water partition coefficient (Wildman–Crippen LogP) is 4.42. The van der Waals surface area contributed by atoms with Gasteiger partial charge in [0, 0.05) is 24.1 Å². The molecule has 1 saturated carbocycles. The Morgan fingerprint density at radius 3 is 2.93 bits per heavy atom. The highest BCUT2D eigenvalue weighted by Crippen LogP contribution is 2.39. The van der Waals surface area contributed by atoms with Crippen molar-refractivity contribution in [3.63, 3.8) is 0 Å². The van der Waals surface area contributed by atoms with Crippen molar-refractivity contribution in [2.45, 2.75) is 62.6 Å². The second-order valence-electron chi connectivity index (χ2n) is 7.40. The van der Waals surface area contributed by atoms with E-state index in [1.807, 2.05) is 13.8 Å². The van der Waals surface area contributed by atoms with E-state index in [9.17, 15) is 4.79 Å². The Balaban J connectivity index is 1.57. The molecule has 154 valence electrons. The van der Waals surface area contributed by atoms with Gasteiger partial charge >= 0.3 is 0 Å². The maximum absolute atomic E-state index is 13.1. The van der Waals surface area contributed by atoms with Crippen LogP contribution in [0.1, 0.15) is 50.7 Å². The lowest BCUT2D eigenvalue weighted by Crippen LogP contribution is -2.24. The number of thioether (sulfide) groups is 1. The Morgan fingerprint density at radius 1 is 1.34 bits per heavy atom. The number of hydrogen-bond acceptors (Lipinski definition) is 7. The number of halogens is 1. The molecule has 1 aromatic carbocycles. The molecule has 0 spiro atoms. The SMILES string of the molecule is CC(C)OCCCn1c(SCc2noc(C3CC3)n2)nc2cc(Cl)ccc2c1=O. The molecule has 0 saturated heterocycles. The van der Waals surface area contributed by atoms with E-state index >= 15 is 0 Å². The molecule has 0 amide bonds. The molecule has 2 aromatic heterocycles. The number of nitrogens with zero attached hydrogens (tertiary/aromatic N) is 4. The van der Waals surface area contributed by atoms with Crippen molar-refractivity contribution in [3.8, 4) is 0 Å². The van der Waals surface area contributed by atoms with Crippen LogP contribution in [0.5, 0.6) is 0 Å². The predicted molar refractivity (Wildman–Crippen MR) is 113 cm³/mol. The van der Waals surface area contributed by atoms with Crippen molar-refractivity contribution >= 4 is 34.3 Å². The van der Waals surface area contributed by atoms with Gasteiger partial charge in [0.05, 0.1) is 22.8 Å². The smallest absolute Gasteiger partial charge is 0.262 e. The van der Waals surface area contributed by atoms with Crippen LogP contribution < -0.4 is 5.56 Å². The highest BCUT2D eigenvalue weighted by Gasteiger charge is 2.29. The molecular formula is C20H23ClN4O3S. The lowest BCUT2D eigenvalue weighted by Gasteiger charge is -2.13. The first-order valence-electron chi connectivity index (χ1n) is 9.78. The molecule has 9 heteroatoms. The standard InChI is InChI=1S/C20H23ClN4O3S/c1-12(2)27-9-3-8-25-19(26)15-7-6-14(21)10-16(15)22-20(25)29-11-17-23-18(28-24-17)13-4-5-13/h6-7,10,12-13H,3-5,8-9,11H2,1-2H3. The number of benzene rings is 1. The Morgan fingerprint density at radius 2 is 2.17 bits per heavy atom. The van der Waals surface area contributed by atoms with E-state index in [2.05, 4.69) is 10.1 Å². The molecule has 0 atom stereocenters. The van der Waals surface area contributed by atoms with E-state index in [1.165, 1.54) is 11.8 Å². The number of rotatable bonds is 9. The minimum atomic E-state index is -0.0782. The van der Waals surface area contributed by atoms with Crippen LogP contribution in [0, 0.1) is 0 Å². The van der Waals surface area contributed by atoms with Crippen LogP contribution in [0.25, 0.3) is 10.9 Å². The van der Waals surface area contributed by atoms with Crippen molar-refractivity contribution in [3.05, 3.63) is 45.3 Å². The quantitative estimate of drug-likeness (QED) is 0.280. The number of aromatic nitrogens is 4. The average molecular weight is 435 g/mol. The van der Waals surface area contributed by atoms with Crippen molar-refractivity contribution in [2.75, 3.05) is 6.61 Å². The molecule has 1 fully saturated rings. The first-order chi connectivity index (χ1) is 14.0. The zero-order valence-electron chi connectivity index (χ0n) is 16.4. The summed E-state index contributed by atoms with van der Waals surface area (Å²) >= 11 is 7.53. The van der Waals surface area contributed by atoms with Crippen molar-refractivity contribution in [1.82, 2.24) is 19.7 Å². The summed E-state index contributed by atoms with van der Waals surface area (Å²) in [6.45, 7) is 5.10. The fraction of sp³-hybridized carbons (Fsp3) is 0.500. The third-order valence-corrected chi connectivity index (χ3v) is 5.81. The lowest BCUT2D eigenvalue weighted by atomic mass is 10.2. The lowest BCUT2D eigenvalue weighted by molar-refractivity contribution is 0.0743. The summed E-state index contributed by atoms with van der Waals surface area (Å²) in [6.07, 6.45) is 3.11. The molecule has 0 radical (unpaired) electrons. The molecule has 4 rings (SSSR count). The van der Waals surface area contributed by atoms with E-state index in [-0.39, 0.29) is 11.7 Å². The van der Waals surface area contributed by atoms with E-state index in [0.29, 0.717) is 57.6 Å². The van der Waals surface area contributed by atoms with Crippen molar-refractivity contribution < 1.29 is 9.26 Å². The average Bonchev–Trinajstić information content (AvgIpc) is 3.43. The maximum atomic E-state index is 13.1. The molecule has 2 heterocycles. The molecule has 0 unspecified atom stereocenters. The van der Waals surface area contributed by atoms with Crippen LogP contribution in [-0.2, 0) is 17.0 Å². The van der Waals surface area contributed by atoms with Gasteiger partial charge in [0.1, 0.15) is 0 Å². The highest BCUT2D eigenvalue weighted by atomic mass is 35.5. The maximum Gasteiger partial charge on any atom is 0.262 e. The summed E-state index contributed by atoms with van der Waals surface area (Å²) in [5, 5.41) is 5.78. The second kappa shape index (κ2) is 8.85. The molecule has 0 bridgehead atoms. The first-order valence-corrected chi connectivity index (χ1v) is 11.1. The summed E-state index contributed by atoms with van der Waals surface area (Å²) in [7, 11) is 0. The van der Waals surface area contributed by atoms with Gasteiger partial charge in [0.2, 0.25) is 5.89 Å². The van der Waals surface area contributed by atoms with Gasteiger partial charge in [-0.15, -0.1) is 0 Å². The Bertz CT molecular complexity index is 1060. The topological polar surface area (TPSA) is 83.0 Å².